The summed E-state index contributed by atoms with van der Waals surface area (Å²) < 4.78 is 12.8. The van der Waals surface area contributed by atoms with Crippen molar-refractivity contribution < 1.29 is 9.18 Å². The van der Waals surface area contributed by atoms with Crippen LogP contribution in [0.2, 0.25) is 5.02 Å². The van der Waals surface area contributed by atoms with Crippen LogP contribution in [-0.4, -0.2) is 18.5 Å². The summed E-state index contributed by atoms with van der Waals surface area (Å²) in [7, 11) is 0. The Morgan fingerprint density at radius 3 is 2.94 bits per heavy atom. The normalized spacial score (nSPS) is 23.7. The molecule has 0 spiro atoms. The van der Waals surface area contributed by atoms with Crippen molar-refractivity contribution in [3.8, 4) is 0 Å². The van der Waals surface area contributed by atoms with E-state index < -0.39 is 5.82 Å². The third-order valence-corrected chi connectivity index (χ3v) is 3.36. The third kappa shape index (κ3) is 2.76. The molecule has 1 aromatic carbocycles. The van der Waals surface area contributed by atoms with Crippen LogP contribution in [0.5, 0.6) is 0 Å². The lowest BCUT2D eigenvalue weighted by molar-refractivity contribution is -0.120. The summed E-state index contributed by atoms with van der Waals surface area (Å²) in [6, 6.07) is 4.10. The number of carbonyl (C=O) groups is 1. The fraction of sp³-hybridized carbons (Fsp3) is 0.417. The molecule has 1 amide bonds. The first-order valence-corrected chi connectivity index (χ1v) is 5.95. The molecule has 2 unspecified atom stereocenters. The maximum atomic E-state index is 12.8. The highest BCUT2D eigenvalue weighted by Crippen LogP contribution is 2.24. The second kappa shape index (κ2) is 5.02. The SMILES string of the molecule is CC1NCCC1C(=O)Nc1ccc(F)cc1Cl. The van der Waals surface area contributed by atoms with E-state index in [-0.39, 0.29) is 22.9 Å². The van der Waals surface area contributed by atoms with Gasteiger partial charge in [0.25, 0.3) is 0 Å². The Bertz CT molecular complexity index is 439. The lowest BCUT2D eigenvalue weighted by Gasteiger charge is -2.15. The molecule has 1 fully saturated rings. The minimum absolute atomic E-state index is 0.0591. The van der Waals surface area contributed by atoms with Crippen LogP contribution in [0.25, 0.3) is 0 Å². The summed E-state index contributed by atoms with van der Waals surface area (Å²) in [4.78, 5) is 12.0. The Morgan fingerprint density at radius 1 is 1.59 bits per heavy atom. The van der Waals surface area contributed by atoms with Crippen LogP contribution in [0.1, 0.15) is 13.3 Å². The van der Waals surface area contributed by atoms with E-state index in [0.717, 1.165) is 13.0 Å². The Hall–Kier alpha value is -1.13. The predicted molar refractivity (Wildman–Crippen MR) is 65.6 cm³/mol. The van der Waals surface area contributed by atoms with Crippen LogP contribution in [0, 0.1) is 11.7 Å². The van der Waals surface area contributed by atoms with E-state index in [2.05, 4.69) is 10.6 Å². The second-order valence-corrected chi connectivity index (χ2v) is 4.66. The quantitative estimate of drug-likeness (QED) is 0.853. The van der Waals surface area contributed by atoms with Gasteiger partial charge in [0.05, 0.1) is 16.6 Å². The summed E-state index contributed by atoms with van der Waals surface area (Å²) in [5.41, 5.74) is 0.456. The number of anilines is 1. The van der Waals surface area contributed by atoms with Gasteiger partial charge >= 0.3 is 0 Å². The van der Waals surface area contributed by atoms with Crippen molar-refractivity contribution in [2.75, 3.05) is 11.9 Å². The van der Waals surface area contributed by atoms with Gasteiger partial charge in [-0.1, -0.05) is 11.6 Å². The number of hydrogen-bond donors (Lipinski definition) is 2. The van der Waals surface area contributed by atoms with Gasteiger partial charge in [0.2, 0.25) is 5.91 Å². The average molecular weight is 257 g/mol. The fourth-order valence-corrected chi connectivity index (χ4v) is 2.25. The molecule has 1 aromatic rings. The molecule has 0 radical (unpaired) electrons. The molecule has 0 bridgehead atoms. The van der Waals surface area contributed by atoms with Gasteiger partial charge in [-0.15, -0.1) is 0 Å². The smallest absolute Gasteiger partial charge is 0.229 e. The molecule has 2 atom stereocenters. The van der Waals surface area contributed by atoms with E-state index >= 15 is 0 Å². The van der Waals surface area contributed by atoms with E-state index in [1.807, 2.05) is 6.92 Å². The number of rotatable bonds is 2. The lowest BCUT2D eigenvalue weighted by atomic mass is 10.0. The van der Waals surface area contributed by atoms with Crippen molar-refractivity contribution in [1.29, 1.82) is 0 Å². The van der Waals surface area contributed by atoms with Crippen LogP contribution in [-0.2, 0) is 4.79 Å². The van der Waals surface area contributed by atoms with Gasteiger partial charge in [-0.2, -0.15) is 0 Å². The summed E-state index contributed by atoms with van der Waals surface area (Å²) in [6.45, 7) is 2.82. The maximum absolute atomic E-state index is 12.8. The van der Waals surface area contributed by atoms with Crippen molar-refractivity contribution in [1.82, 2.24) is 5.32 Å². The lowest BCUT2D eigenvalue weighted by Crippen LogP contribution is -2.32. The topological polar surface area (TPSA) is 41.1 Å². The molecule has 92 valence electrons. The van der Waals surface area contributed by atoms with Gasteiger partial charge in [-0.25, -0.2) is 4.39 Å². The second-order valence-electron chi connectivity index (χ2n) is 4.25. The molecule has 3 nitrogen and oxygen atoms in total. The molecule has 1 aliphatic rings. The number of hydrogen-bond acceptors (Lipinski definition) is 2. The summed E-state index contributed by atoms with van der Waals surface area (Å²) in [5, 5.41) is 6.16. The van der Waals surface area contributed by atoms with E-state index in [4.69, 9.17) is 11.6 Å². The van der Waals surface area contributed by atoms with Gasteiger partial charge in [-0.3, -0.25) is 4.79 Å². The van der Waals surface area contributed by atoms with Gasteiger partial charge in [0.1, 0.15) is 5.82 Å². The summed E-state index contributed by atoms with van der Waals surface area (Å²) >= 11 is 5.85. The minimum atomic E-state index is -0.413. The largest absolute Gasteiger partial charge is 0.324 e. The first-order chi connectivity index (χ1) is 8.08. The highest BCUT2D eigenvalue weighted by Gasteiger charge is 2.29. The van der Waals surface area contributed by atoms with Gasteiger partial charge in [0, 0.05) is 6.04 Å². The van der Waals surface area contributed by atoms with Crippen molar-refractivity contribution in [2.24, 2.45) is 5.92 Å². The fourth-order valence-electron chi connectivity index (χ4n) is 2.03. The molecule has 2 rings (SSSR count). The zero-order valence-corrected chi connectivity index (χ0v) is 10.2. The van der Waals surface area contributed by atoms with E-state index in [1.165, 1.54) is 18.2 Å². The molecule has 5 heteroatoms. The van der Waals surface area contributed by atoms with Crippen molar-refractivity contribution >= 4 is 23.2 Å². The number of nitrogens with one attached hydrogen (secondary N) is 2. The molecule has 1 saturated heterocycles. The predicted octanol–water partition coefficient (Wildman–Crippen LogP) is 2.42. The Kier molecular flexibility index (Phi) is 3.64. The first-order valence-electron chi connectivity index (χ1n) is 5.57. The van der Waals surface area contributed by atoms with Crippen molar-refractivity contribution in [3.63, 3.8) is 0 Å². The molecular formula is C12H14ClFN2O. The van der Waals surface area contributed by atoms with Crippen molar-refractivity contribution in [2.45, 2.75) is 19.4 Å². The Balaban J connectivity index is 2.07. The summed E-state index contributed by atoms with van der Waals surface area (Å²) in [6.07, 6.45) is 0.811. The Labute approximate surface area is 104 Å². The minimum Gasteiger partial charge on any atom is -0.324 e. The average Bonchev–Trinajstić information content (AvgIpc) is 2.68. The van der Waals surface area contributed by atoms with Gasteiger partial charge < -0.3 is 10.6 Å². The van der Waals surface area contributed by atoms with E-state index in [0.29, 0.717) is 5.69 Å². The zero-order valence-electron chi connectivity index (χ0n) is 9.47. The highest BCUT2D eigenvalue weighted by molar-refractivity contribution is 6.33. The number of amides is 1. The molecular weight excluding hydrogens is 243 g/mol. The molecule has 17 heavy (non-hydrogen) atoms. The number of carbonyl (C=O) groups excluding carboxylic acids is 1. The van der Waals surface area contributed by atoms with Gasteiger partial charge in [0.15, 0.2) is 0 Å². The maximum Gasteiger partial charge on any atom is 0.229 e. The molecule has 1 aliphatic heterocycles. The monoisotopic (exact) mass is 256 g/mol. The molecule has 0 saturated carbocycles. The summed E-state index contributed by atoms with van der Waals surface area (Å²) in [5.74, 6) is -0.545. The molecule has 0 aliphatic carbocycles. The van der Waals surface area contributed by atoms with Crippen LogP contribution >= 0.6 is 11.6 Å². The van der Waals surface area contributed by atoms with Crippen LogP contribution in [0.3, 0.4) is 0 Å². The molecule has 2 N–H and O–H groups in total. The third-order valence-electron chi connectivity index (χ3n) is 3.05. The highest BCUT2D eigenvalue weighted by atomic mass is 35.5. The number of halogens is 2. The van der Waals surface area contributed by atoms with Crippen LogP contribution in [0.15, 0.2) is 18.2 Å². The van der Waals surface area contributed by atoms with Crippen LogP contribution in [0.4, 0.5) is 10.1 Å². The van der Waals surface area contributed by atoms with E-state index in [1.54, 1.807) is 0 Å². The molecule has 0 aromatic heterocycles. The van der Waals surface area contributed by atoms with E-state index in [9.17, 15) is 9.18 Å². The van der Waals surface area contributed by atoms with Crippen molar-refractivity contribution in [3.05, 3.63) is 29.0 Å². The van der Waals surface area contributed by atoms with Crippen LogP contribution < -0.4 is 10.6 Å². The van der Waals surface area contributed by atoms with Gasteiger partial charge in [-0.05, 0) is 38.1 Å². The zero-order chi connectivity index (χ0) is 12.4. The molecule has 1 heterocycles. The standard InChI is InChI=1S/C12H14ClFN2O/c1-7-9(4-5-15-7)12(17)16-11-3-2-8(14)6-10(11)13/h2-3,6-7,9,15H,4-5H2,1H3,(H,16,17). The first kappa shape index (κ1) is 12.3. The number of benzene rings is 1. The Morgan fingerprint density at radius 2 is 2.35 bits per heavy atom.